The van der Waals surface area contributed by atoms with Crippen LogP contribution in [0.4, 0.5) is 0 Å². The molecule has 4 aromatic rings. The Morgan fingerprint density at radius 3 is 1.84 bits per heavy atom. The Balaban J connectivity index is 0.000000374. The second-order valence-corrected chi connectivity index (χ2v) is 16.2. The molecule has 2 aromatic carbocycles. The van der Waals surface area contributed by atoms with E-state index in [9.17, 15) is 36.3 Å². The van der Waals surface area contributed by atoms with Gasteiger partial charge in [0.2, 0.25) is 0 Å². The predicted octanol–water partition coefficient (Wildman–Crippen LogP) is 0.737. The number of aliphatic hydroxyl groups excluding tert-OH is 1. The number of aromatic nitrogens is 2. The number of rotatable bonds is 10. The number of fused-ring (bicyclic) bond motifs is 2. The van der Waals surface area contributed by atoms with Crippen LogP contribution in [0.25, 0.3) is 0 Å². The SMILES string of the molecule is CCOC(=O)c1cc(S(=O)(=O)NC2COc3ccc(Cl)cc3C2=O)[nH]c1C.CCOC(=O)c1cc(S(=O)(=O)NC2COc3ccc(Cl)cc3C2O)[nH]c1C.[B].[H-].[Na+]. The number of carbonyl (C=O) groups is 3. The third-order valence-electron chi connectivity index (χ3n) is 8.17. The number of benzene rings is 2. The van der Waals surface area contributed by atoms with Crippen LogP contribution in [0, 0.1) is 13.8 Å². The fourth-order valence-corrected chi connectivity index (χ4v) is 8.39. The molecule has 3 radical (unpaired) electrons. The molecule has 16 nitrogen and oxygen atoms in total. The van der Waals surface area contributed by atoms with Crippen molar-refractivity contribution in [1.29, 1.82) is 0 Å². The molecule has 22 heteroatoms. The van der Waals surface area contributed by atoms with E-state index in [0.717, 1.165) is 0 Å². The van der Waals surface area contributed by atoms with Gasteiger partial charge in [-0.15, -0.1) is 0 Å². The van der Waals surface area contributed by atoms with Crippen LogP contribution < -0.4 is 48.5 Å². The zero-order valence-electron chi connectivity index (χ0n) is 31.8. The Hall–Kier alpha value is -3.37. The summed E-state index contributed by atoms with van der Waals surface area (Å²) in [6.45, 7) is 6.57. The molecule has 3 unspecified atom stereocenters. The van der Waals surface area contributed by atoms with Crippen LogP contribution in [-0.2, 0) is 29.5 Å². The topological polar surface area (TPSA) is 232 Å². The van der Waals surface area contributed by atoms with E-state index in [2.05, 4.69) is 19.4 Å². The fraction of sp³-hybridized carbons (Fsp3) is 0.324. The Bertz CT molecular complexity index is 2330. The van der Waals surface area contributed by atoms with Gasteiger partial charge in [0, 0.05) is 35.4 Å². The van der Waals surface area contributed by atoms with Crippen molar-refractivity contribution in [2.45, 2.75) is 55.9 Å². The molecule has 0 saturated carbocycles. The van der Waals surface area contributed by atoms with Crippen LogP contribution in [0.2, 0.25) is 10.0 Å². The van der Waals surface area contributed by atoms with E-state index in [1.54, 1.807) is 52.0 Å². The Morgan fingerprint density at radius 2 is 1.30 bits per heavy atom. The van der Waals surface area contributed by atoms with Crippen molar-refractivity contribution in [2.75, 3.05) is 26.4 Å². The number of H-pyrrole nitrogens is 2. The second kappa shape index (κ2) is 19.4. The molecule has 0 aliphatic carbocycles. The van der Waals surface area contributed by atoms with Gasteiger partial charge < -0.3 is 35.4 Å². The molecule has 6 rings (SSSR count). The molecule has 2 aromatic heterocycles. The first kappa shape index (κ1) is 47.0. The Morgan fingerprint density at radius 1 is 0.821 bits per heavy atom. The van der Waals surface area contributed by atoms with E-state index in [1.807, 2.05) is 0 Å². The number of sulfonamides is 2. The van der Waals surface area contributed by atoms with Gasteiger partial charge in [0.25, 0.3) is 20.0 Å². The van der Waals surface area contributed by atoms with Crippen molar-refractivity contribution in [3.63, 3.8) is 0 Å². The van der Waals surface area contributed by atoms with Gasteiger partial charge in [-0.05, 0) is 76.2 Å². The summed E-state index contributed by atoms with van der Waals surface area (Å²) in [6.07, 6.45) is -1.14. The number of halogens is 2. The zero-order chi connectivity index (χ0) is 39.5. The molecule has 0 fully saturated rings. The van der Waals surface area contributed by atoms with E-state index in [0.29, 0.717) is 38.5 Å². The molecule has 2 aliphatic heterocycles. The molecular weight excluding hydrogens is 825 g/mol. The summed E-state index contributed by atoms with van der Waals surface area (Å²) in [6, 6.07) is 9.67. The molecule has 4 heterocycles. The number of hydrogen-bond donors (Lipinski definition) is 5. The van der Waals surface area contributed by atoms with E-state index in [-0.39, 0.29) is 92.6 Å². The first-order valence-corrected chi connectivity index (χ1v) is 20.0. The van der Waals surface area contributed by atoms with Gasteiger partial charge in [0.15, 0.2) is 5.78 Å². The number of hydrogen-bond acceptors (Lipinski definition) is 12. The zero-order valence-corrected chi connectivity index (χ0v) is 35.9. The van der Waals surface area contributed by atoms with Gasteiger partial charge in [-0.1, -0.05) is 23.2 Å². The van der Waals surface area contributed by atoms with E-state index in [4.69, 9.17) is 42.1 Å². The fourth-order valence-electron chi connectivity index (χ4n) is 5.51. The molecule has 0 bridgehead atoms. The standard InChI is InChI=1S/C17H19ClN2O6S.C17H17ClN2O6S.B.Na.H/c2*1-3-25-17(22)11-7-15(19-9(11)2)27(23,24)20-13-8-26-14-5-4-10(18)6-12(14)16(13)21;;;/h4-7,13,16,19-21H,3,8H2,1-2H3;4-7,13,19-20H,3,8H2,1-2H3;;;/q;;;+1;-1. The maximum absolute atomic E-state index is 12.7. The van der Waals surface area contributed by atoms with Crippen molar-refractivity contribution in [3.05, 3.63) is 92.2 Å². The molecule has 0 spiro atoms. The normalized spacial score (nSPS) is 17.3. The molecule has 5 N–H and O–H groups in total. The summed E-state index contributed by atoms with van der Waals surface area (Å²) in [5.41, 5.74) is 1.56. The summed E-state index contributed by atoms with van der Waals surface area (Å²) in [5, 5.41) is 10.8. The minimum Gasteiger partial charge on any atom is -1.00 e. The van der Waals surface area contributed by atoms with Crippen LogP contribution in [0.1, 0.15) is 69.4 Å². The number of ether oxygens (including phenoxy) is 4. The van der Waals surface area contributed by atoms with Crippen LogP contribution in [0.3, 0.4) is 0 Å². The number of aliphatic hydroxyl groups is 1. The molecule has 0 saturated heterocycles. The number of Topliss-reactive ketones (excluding diaryl/α,β-unsaturated/α-hetero) is 1. The van der Waals surface area contributed by atoms with Crippen LogP contribution >= 0.6 is 23.2 Å². The molecule has 3 atom stereocenters. The number of carbonyl (C=O) groups excluding carboxylic acids is 3. The number of esters is 2. The van der Waals surface area contributed by atoms with E-state index >= 15 is 0 Å². The van der Waals surface area contributed by atoms with Gasteiger partial charge >= 0.3 is 41.5 Å². The van der Waals surface area contributed by atoms with Crippen LogP contribution in [0.5, 0.6) is 11.5 Å². The van der Waals surface area contributed by atoms with Crippen molar-refractivity contribution in [2.24, 2.45) is 0 Å². The van der Waals surface area contributed by atoms with Gasteiger partial charge in [0.05, 0.1) is 35.9 Å². The van der Waals surface area contributed by atoms with E-state index < -0.39 is 56.0 Å². The van der Waals surface area contributed by atoms with Crippen molar-refractivity contribution < 1.29 is 86.3 Å². The number of aryl methyl sites for hydroxylation is 2. The molecule has 2 aliphatic rings. The molecule has 0 amide bonds. The van der Waals surface area contributed by atoms with Gasteiger partial charge in [-0.25, -0.2) is 31.1 Å². The third kappa shape index (κ3) is 10.6. The number of ketones is 1. The summed E-state index contributed by atoms with van der Waals surface area (Å²) < 4.78 is 76.1. The van der Waals surface area contributed by atoms with Gasteiger partial charge in [-0.3, -0.25) is 4.79 Å². The van der Waals surface area contributed by atoms with Crippen LogP contribution in [0.15, 0.2) is 58.6 Å². The minimum atomic E-state index is -4.10. The predicted molar refractivity (Wildman–Crippen MR) is 201 cm³/mol. The van der Waals surface area contributed by atoms with Gasteiger partial charge in [-0.2, -0.15) is 4.72 Å². The van der Waals surface area contributed by atoms with E-state index in [1.165, 1.54) is 24.3 Å². The van der Waals surface area contributed by atoms with Crippen LogP contribution in [-0.4, -0.2) is 96.6 Å². The monoisotopic (exact) mass is 861 g/mol. The first-order chi connectivity index (χ1) is 25.4. The average molecular weight is 863 g/mol. The van der Waals surface area contributed by atoms with Gasteiger partial charge in [0.1, 0.15) is 46.9 Å². The smallest absolute Gasteiger partial charge is 1.00 e. The summed E-state index contributed by atoms with van der Waals surface area (Å²) >= 11 is 11.8. The Kier molecular flexibility index (Phi) is 16.3. The van der Waals surface area contributed by atoms with Crippen molar-refractivity contribution in [3.8, 4) is 11.5 Å². The van der Waals surface area contributed by atoms with Crippen molar-refractivity contribution >= 4 is 69.4 Å². The summed E-state index contributed by atoms with van der Waals surface area (Å²) in [7, 11) is -8.14. The van der Waals surface area contributed by atoms with Crippen molar-refractivity contribution in [1.82, 2.24) is 19.4 Å². The molecular formula is C34H37BCl2N4NaO12S2. The maximum atomic E-state index is 12.7. The largest absolute Gasteiger partial charge is 1.00 e. The Labute approximate surface area is 358 Å². The molecule has 295 valence electrons. The summed E-state index contributed by atoms with van der Waals surface area (Å²) in [5.74, 6) is -0.898. The third-order valence-corrected chi connectivity index (χ3v) is 11.4. The average Bonchev–Trinajstić information content (AvgIpc) is 3.72. The first-order valence-electron chi connectivity index (χ1n) is 16.3. The second-order valence-electron chi connectivity index (χ2n) is 11.9. The minimum absolute atomic E-state index is 0. The number of aromatic amines is 2. The number of nitrogens with one attached hydrogen (secondary N) is 4. The summed E-state index contributed by atoms with van der Waals surface area (Å²) in [4.78, 5) is 41.6. The quantitative estimate of drug-likeness (QED) is 0.110. The molecule has 56 heavy (non-hydrogen) atoms. The maximum Gasteiger partial charge on any atom is 1.00 e.